The van der Waals surface area contributed by atoms with E-state index >= 15 is 0 Å². The van der Waals surface area contributed by atoms with Crippen LogP contribution in [0.25, 0.3) is 0 Å². The first kappa shape index (κ1) is 35.1. The van der Waals surface area contributed by atoms with Crippen molar-refractivity contribution in [2.45, 2.75) is 37.8 Å². The molecule has 0 unspecified atom stereocenters. The maximum absolute atomic E-state index is 14.1. The van der Waals surface area contributed by atoms with Crippen LogP contribution in [0.1, 0.15) is 51.4 Å². The normalized spacial score (nSPS) is 18.7. The molecule has 262 valence electrons. The molecule has 1 aromatic heterocycles. The molecule has 1 amide bonds. The highest BCUT2D eigenvalue weighted by Gasteiger charge is 2.38. The smallest absolute Gasteiger partial charge is 0.414 e. The van der Waals surface area contributed by atoms with Gasteiger partial charge >= 0.3 is 6.09 Å². The van der Waals surface area contributed by atoms with Gasteiger partial charge in [0.05, 0.1) is 32.4 Å². The van der Waals surface area contributed by atoms with Crippen LogP contribution in [0.5, 0.6) is 17.2 Å². The molecule has 0 saturated carbocycles. The first-order valence-corrected chi connectivity index (χ1v) is 16.9. The topological polar surface area (TPSA) is 136 Å². The number of carboxylic acid groups (broad SMARTS) is 1. The summed E-state index contributed by atoms with van der Waals surface area (Å²) >= 11 is 13.2. The van der Waals surface area contributed by atoms with E-state index in [1.807, 2.05) is 0 Å². The second-order valence-corrected chi connectivity index (χ2v) is 13.3. The number of piperidine rings is 3. The van der Waals surface area contributed by atoms with Gasteiger partial charge < -0.3 is 29.2 Å². The lowest BCUT2D eigenvalue weighted by molar-refractivity contribution is -0.904. The molecule has 3 aliphatic rings. The number of hydrogen-bond acceptors (Lipinski definition) is 9. The maximum Gasteiger partial charge on any atom is 0.414 e. The van der Waals surface area contributed by atoms with Crippen molar-refractivity contribution in [3.63, 3.8) is 0 Å². The van der Waals surface area contributed by atoms with Gasteiger partial charge in [-0.2, -0.15) is 0 Å². The summed E-state index contributed by atoms with van der Waals surface area (Å²) in [5, 5.41) is 33.6. The molecule has 3 aliphatic heterocycles. The van der Waals surface area contributed by atoms with Gasteiger partial charge in [0.2, 0.25) is 12.4 Å². The van der Waals surface area contributed by atoms with Gasteiger partial charge in [-0.25, -0.2) is 4.79 Å². The number of carboxylic acids is 1. The second-order valence-electron chi connectivity index (χ2n) is 12.5. The number of ether oxygens (including phenoxy) is 3. The zero-order valence-corrected chi connectivity index (χ0v) is 29.1. The predicted molar refractivity (Wildman–Crippen MR) is 183 cm³/mol. The molecule has 4 heterocycles. The first-order valence-electron chi connectivity index (χ1n) is 16.2. The van der Waals surface area contributed by atoms with Crippen molar-refractivity contribution in [3.8, 4) is 17.2 Å². The van der Waals surface area contributed by atoms with Gasteiger partial charge in [0.15, 0.2) is 11.5 Å². The molecule has 0 aliphatic carbocycles. The summed E-state index contributed by atoms with van der Waals surface area (Å²) in [6.07, 6.45) is 3.62. The number of halogens is 2. The van der Waals surface area contributed by atoms with E-state index in [-0.39, 0.29) is 46.3 Å². The molecule has 4 aromatic rings. The number of carbonyl (C=O) groups excluding carboxylic acids is 2. The van der Waals surface area contributed by atoms with Gasteiger partial charge in [0.1, 0.15) is 21.9 Å². The number of aromatic carboxylic acids is 1. The van der Waals surface area contributed by atoms with Gasteiger partial charge in [-0.3, -0.25) is 15.0 Å². The number of aromatic nitrogens is 1. The standard InChI is InChI=1S/C37H37Cl2N3O8/c1-48-32-10-9-23(15-33(32)49-2)28(17-29-30(38)19-41(47)20-31(29)39)35-24(5-3-8-27(35)36(44)45)18-42(25-6-4-7-26(43)16-25)37(46)50-34-21-40-13-11-22(34)12-14-40/h3-10,15-16,19-20,22,28,34H,11-14,17-18,21H2,1-2H3,(H2-,43,44,45,47)/t28-,34-/m0/s1. The minimum Gasteiger partial charge on any atom is -0.545 e. The summed E-state index contributed by atoms with van der Waals surface area (Å²) in [6, 6.07) is 16.3. The minimum absolute atomic E-state index is 0.0514. The Kier molecular flexibility index (Phi) is 10.6. The Hall–Kier alpha value is -4.71. The zero-order chi connectivity index (χ0) is 35.5. The van der Waals surface area contributed by atoms with Crippen LogP contribution in [0, 0.1) is 5.92 Å². The van der Waals surface area contributed by atoms with E-state index in [0.29, 0.717) is 46.0 Å². The number of amides is 1. The molecule has 0 radical (unpaired) electrons. The fourth-order valence-corrected chi connectivity index (χ4v) is 7.67. The lowest BCUT2D eigenvalue weighted by Crippen LogP contribution is -2.53. The SMILES string of the molecule is COc1ccc([C@H](Cc2c(Cl)c[n+](O)cc2Cl)c2c(CN(C(=O)O[C@H]3CN4CCC3CC4)c3cccc(O)c3)cccc2C(=O)[O-])cc1OC. The third-order valence-electron chi connectivity index (χ3n) is 9.59. The largest absolute Gasteiger partial charge is 0.545 e. The lowest BCUT2D eigenvalue weighted by atomic mass is 9.80. The Balaban J connectivity index is 1.49. The fourth-order valence-electron chi connectivity index (χ4n) is 7.07. The van der Waals surface area contributed by atoms with E-state index in [1.165, 1.54) is 49.7 Å². The average Bonchev–Trinajstić information content (AvgIpc) is 3.10. The van der Waals surface area contributed by atoms with Crippen LogP contribution in [-0.4, -0.2) is 67.2 Å². The third kappa shape index (κ3) is 7.40. The molecule has 13 heteroatoms. The van der Waals surface area contributed by atoms with E-state index in [0.717, 1.165) is 30.7 Å². The van der Waals surface area contributed by atoms with E-state index in [4.69, 9.17) is 37.4 Å². The van der Waals surface area contributed by atoms with Crippen LogP contribution in [0.3, 0.4) is 0 Å². The Morgan fingerprint density at radius 2 is 1.70 bits per heavy atom. The maximum atomic E-state index is 14.1. The van der Waals surface area contributed by atoms with Gasteiger partial charge in [-0.15, -0.1) is 0 Å². The van der Waals surface area contributed by atoms with Crippen LogP contribution in [-0.2, 0) is 17.7 Å². The molecule has 3 aromatic carbocycles. The number of aromatic hydroxyl groups is 1. The van der Waals surface area contributed by atoms with Crippen LogP contribution in [0.4, 0.5) is 10.5 Å². The summed E-state index contributed by atoms with van der Waals surface area (Å²) < 4.78 is 18.0. The van der Waals surface area contributed by atoms with E-state index in [9.17, 15) is 25.0 Å². The molecule has 3 fully saturated rings. The van der Waals surface area contributed by atoms with Gasteiger partial charge in [-0.1, -0.05) is 53.5 Å². The van der Waals surface area contributed by atoms with E-state index in [1.54, 1.807) is 42.5 Å². The summed E-state index contributed by atoms with van der Waals surface area (Å²) in [5.74, 6) is -1.10. The molecule has 2 bridgehead atoms. The number of benzene rings is 3. The number of phenols is 1. The molecule has 11 nitrogen and oxygen atoms in total. The van der Waals surface area contributed by atoms with Crippen molar-refractivity contribution in [3.05, 3.63) is 111 Å². The van der Waals surface area contributed by atoms with Crippen LogP contribution in [0.15, 0.2) is 73.1 Å². The van der Waals surface area contributed by atoms with Gasteiger partial charge in [-0.05, 0) is 79.2 Å². The van der Waals surface area contributed by atoms with Gasteiger partial charge in [0, 0.05) is 34.4 Å². The summed E-state index contributed by atoms with van der Waals surface area (Å²) in [6.45, 7) is 2.47. The molecular weight excluding hydrogens is 685 g/mol. The number of methoxy groups -OCH3 is 2. The van der Waals surface area contributed by atoms with Crippen molar-refractivity contribution in [2.24, 2.45) is 5.92 Å². The molecule has 50 heavy (non-hydrogen) atoms. The minimum atomic E-state index is -1.43. The quantitative estimate of drug-likeness (QED) is 0.158. The Bertz CT molecular complexity index is 1880. The monoisotopic (exact) mass is 721 g/mol. The molecular formula is C37H37Cl2N3O8. The number of nitrogens with zero attached hydrogens (tertiary/aromatic N) is 3. The number of carbonyl (C=O) groups is 2. The number of pyridine rings is 1. The zero-order valence-electron chi connectivity index (χ0n) is 27.6. The molecule has 2 N–H and O–H groups in total. The third-order valence-corrected chi connectivity index (χ3v) is 10.2. The van der Waals surface area contributed by atoms with E-state index in [2.05, 4.69) is 4.90 Å². The van der Waals surface area contributed by atoms with Crippen molar-refractivity contribution in [1.29, 1.82) is 0 Å². The highest BCUT2D eigenvalue weighted by atomic mass is 35.5. The highest BCUT2D eigenvalue weighted by molar-refractivity contribution is 6.35. The Morgan fingerprint density at radius 1 is 1.00 bits per heavy atom. The van der Waals surface area contributed by atoms with Crippen molar-refractivity contribution in [2.75, 3.05) is 38.8 Å². The summed E-state index contributed by atoms with van der Waals surface area (Å²) in [5.41, 5.74) is 2.15. The highest BCUT2D eigenvalue weighted by Crippen LogP contribution is 2.41. The average molecular weight is 723 g/mol. The van der Waals surface area contributed by atoms with Crippen molar-refractivity contribution in [1.82, 2.24) is 4.90 Å². The van der Waals surface area contributed by atoms with Gasteiger partial charge in [0.25, 0.3) is 0 Å². The summed E-state index contributed by atoms with van der Waals surface area (Å²) in [7, 11) is 3.01. The predicted octanol–water partition coefficient (Wildman–Crippen LogP) is 5.22. The lowest BCUT2D eigenvalue weighted by Gasteiger charge is -2.44. The fraction of sp³-hybridized carbons (Fsp3) is 0.324. The summed E-state index contributed by atoms with van der Waals surface area (Å²) in [4.78, 5) is 30.7. The van der Waals surface area contributed by atoms with Crippen molar-refractivity contribution < 1.29 is 44.0 Å². The first-order chi connectivity index (χ1) is 24.1. The number of phenolic OH excluding ortho intramolecular Hbond substituents is 1. The number of rotatable bonds is 11. The van der Waals surface area contributed by atoms with Crippen LogP contribution < -0.4 is 24.2 Å². The molecule has 3 saturated heterocycles. The number of anilines is 1. The number of hydrogen-bond donors (Lipinski definition) is 2. The van der Waals surface area contributed by atoms with Crippen LogP contribution in [0.2, 0.25) is 10.0 Å². The molecule has 0 spiro atoms. The molecule has 7 rings (SSSR count). The Morgan fingerprint density at radius 3 is 2.32 bits per heavy atom. The van der Waals surface area contributed by atoms with Crippen LogP contribution >= 0.6 is 23.2 Å². The Labute approximate surface area is 299 Å². The second kappa shape index (κ2) is 15.0. The molecule has 2 atom stereocenters. The number of fused-ring (bicyclic) bond motifs is 3. The van der Waals surface area contributed by atoms with E-state index < -0.39 is 18.0 Å². The van der Waals surface area contributed by atoms with Crippen molar-refractivity contribution >= 4 is 41.0 Å².